The Hall–Kier alpha value is -1.56. The van der Waals surface area contributed by atoms with Crippen LogP contribution in [-0.2, 0) is 12.8 Å². The molecule has 1 aliphatic carbocycles. The zero-order valence-corrected chi connectivity index (χ0v) is 11.9. The number of hydrogen-bond acceptors (Lipinski definition) is 0. The van der Waals surface area contributed by atoms with Crippen LogP contribution in [0.15, 0.2) is 48.5 Å². The molecule has 0 bridgehead atoms. The molecule has 98 valence electrons. The van der Waals surface area contributed by atoms with Gasteiger partial charge in [0.1, 0.15) is 0 Å². The first-order chi connectivity index (χ1) is 9.25. The van der Waals surface area contributed by atoms with Gasteiger partial charge in [-0.15, -0.1) is 0 Å². The molecular formula is C19H22. The summed E-state index contributed by atoms with van der Waals surface area (Å²) >= 11 is 0. The number of rotatable bonds is 2. The summed E-state index contributed by atoms with van der Waals surface area (Å²) in [6, 6.07) is 18.0. The Morgan fingerprint density at radius 3 is 2.37 bits per heavy atom. The highest BCUT2D eigenvalue weighted by molar-refractivity contribution is 5.38. The summed E-state index contributed by atoms with van der Waals surface area (Å²) in [5, 5.41) is 0. The van der Waals surface area contributed by atoms with Gasteiger partial charge < -0.3 is 0 Å². The fraction of sp³-hybridized carbons (Fsp3) is 0.368. The van der Waals surface area contributed by atoms with Crippen molar-refractivity contribution in [2.45, 2.75) is 44.9 Å². The minimum absolute atomic E-state index is 0.619. The molecule has 2 aromatic carbocycles. The van der Waals surface area contributed by atoms with Gasteiger partial charge in [-0.3, -0.25) is 0 Å². The van der Waals surface area contributed by atoms with Crippen molar-refractivity contribution in [2.24, 2.45) is 0 Å². The van der Waals surface area contributed by atoms with Gasteiger partial charge in [-0.2, -0.15) is 0 Å². The summed E-state index contributed by atoms with van der Waals surface area (Å²) in [5.41, 5.74) is 6.22. The smallest absolute Gasteiger partial charge is 0.0115 e. The predicted octanol–water partition coefficient (Wildman–Crippen LogP) is 5.08. The van der Waals surface area contributed by atoms with Crippen LogP contribution in [-0.4, -0.2) is 0 Å². The van der Waals surface area contributed by atoms with Gasteiger partial charge in [0, 0.05) is 0 Å². The molecule has 0 N–H and O–H groups in total. The molecule has 1 aliphatic rings. The summed E-state index contributed by atoms with van der Waals surface area (Å²) in [5.74, 6) is 1.32. The van der Waals surface area contributed by atoms with Crippen molar-refractivity contribution in [2.75, 3.05) is 0 Å². The average molecular weight is 250 g/mol. The van der Waals surface area contributed by atoms with Crippen molar-refractivity contribution in [3.05, 3.63) is 70.8 Å². The second kappa shape index (κ2) is 5.21. The highest BCUT2D eigenvalue weighted by atomic mass is 14.3. The molecule has 0 radical (unpaired) electrons. The Labute approximate surface area is 116 Å². The standard InChI is InChI=1S/C19H22/c1-14(2)18-9-5-6-10-19(18)17-12-11-15-7-3-4-8-16(15)13-17/h3-10,14,17H,11-13H2,1-2H3. The summed E-state index contributed by atoms with van der Waals surface area (Å²) in [6.07, 6.45) is 3.73. The molecule has 1 unspecified atom stereocenters. The van der Waals surface area contributed by atoms with Crippen molar-refractivity contribution < 1.29 is 0 Å². The summed E-state index contributed by atoms with van der Waals surface area (Å²) in [6.45, 7) is 4.60. The van der Waals surface area contributed by atoms with Gasteiger partial charge in [0.2, 0.25) is 0 Å². The average Bonchev–Trinajstić information content (AvgIpc) is 2.46. The van der Waals surface area contributed by atoms with Crippen LogP contribution < -0.4 is 0 Å². The zero-order valence-electron chi connectivity index (χ0n) is 11.9. The molecule has 0 heteroatoms. The van der Waals surface area contributed by atoms with E-state index in [9.17, 15) is 0 Å². The Balaban J connectivity index is 1.93. The zero-order chi connectivity index (χ0) is 13.2. The lowest BCUT2D eigenvalue weighted by atomic mass is 9.77. The second-order valence-electron chi connectivity index (χ2n) is 5.99. The maximum atomic E-state index is 2.34. The van der Waals surface area contributed by atoms with E-state index in [1.54, 1.807) is 16.7 Å². The highest BCUT2D eigenvalue weighted by Crippen LogP contribution is 2.36. The van der Waals surface area contributed by atoms with Crippen molar-refractivity contribution in [3.8, 4) is 0 Å². The van der Waals surface area contributed by atoms with Gasteiger partial charge >= 0.3 is 0 Å². The first-order valence-electron chi connectivity index (χ1n) is 7.41. The minimum atomic E-state index is 0.619. The van der Waals surface area contributed by atoms with Crippen LogP contribution in [0.25, 0.3) is 0 Å². The molecule has 0 nitrogen and oxygen atoms in total. The number of hydrogen-bond donors (Lipinski definition) is 0. The fourth-order valence-corrected chi connectivity index (χ4v) is 3.37. The lowest BCUT2D eigenvalue weighted by Crippen LogP contribution is -2.14. The molecule has 0 heterocycles. The van der Waals surface area contributed by atoms with E-state index in [1.807, 2.05) is 0 Å². The first kappa shape index (κ1) is 12.5. The Kier molecular flexibility index (Phi) is 3.42. The maximum Gasteiger partial charge on any atom is -0.0115 e. The quantitative estimate of drug-likeness (QED) is 0.697. The molecule has 0 fully saturated rings. The molecule has 0 amide bonds. The maximum absolute atomic E-state index is 2.34. The van der Waals surface area contributed by atoms with Crippen LogP contribution >= 0.6 is 0 Å². The molecule has 3 rings (SSSR count). The fourth-order valence-electron chi connectivity index (χ4n) is 3.37. The topological polar surface area (TPSA) is 0 Å². The van der Waals surface area contributed by atoms with E-state index in [2.05, 4.69) is 62.4 Å². The Morgan fingerprint density at radius 1 is 0.895 bits per heavy atom. The monoisotopic (exact) mass is 250 g/mol. The minimum Gasteiger partial charge on any atom is -0.0620 e. The van der Waals surface area contributed by atoms with Crippen LogP contribution in [0.5, 0.6) is 0 Å². The van der Waals surface area contributed by atoms with Crippen molar-refractivity contribution >= 4 is 0 Å². The predicted molar refractivity (Wildman–Crippen MR) is 81.7 cm³/mol. The highest BCUT2D eigenvalue weighted by Gasteiger charge is 2.22. The molecule has 0 saturated heterocycles. The van der Waals surface area contributed by atoms with Crippen LogP contribution in [0.2, 0.25) is 0 Å². The van der Waals surface area contributed by atoms with Gasteiger partial charge in [0.05, 0.1) is 0 Å². The van der Waals surface area contributed by atoms with Gasteiger partial charge in [-0.25, -0.2) is 0 Å². The van der Waals surface area contributed by atoms with Crippen LogP contribution in [0.3, 0.4) is 0 Å². The largest absolute Gasteiger partial charge is 0.0620 e. The summed E-state index contributed by atoms with van der Waals surface area (Å²) in [4.78, 5) is 0. The normalized spacial score (nSPS) is 18.4. The van der Waals surface area contributed by atoms with Crippen molar-refractivity contribution in [1.29, 1.82) is 0 Å². The van der Waals surface area contributed by atoms with E-state index in [0.29, 0.717) is 11.8 Å². The number of fused-ring (bicyclic) bond motifs is 1. The first-order valence-corrected chi connectivity index (χ1v) is 7.41. The van der Waals surface area contributed by atoms with E-state index >= 15 is 0 Å². The third-order valence-electron chi connectivity index (χ3n) is 4.40. The molecular weight excluding hydrogens is 228 g/mol. The van der Waals surface area contributed by atoms with E-state index in [0.717, 1.165) is 0 Å². The van der Waals surface area contributed by atoms with Crippen molar-refractivity contribution in [3.63, 3.8) is 0 Å². The third-order valence-corrected chi connectivity index (χ3v) is 4.40. The van der Waals surface area contributed by atoms with Gasteiger partial charge in [-0.05, 0) is 53.4 Å². The summed E-state index contributed by atoms with van der Waals surface area (Å²) in [7, 11) is 0. The number of aryl methyl sites for hydroxylation is 1. The SMILES string of the molecule is CC(C)c1ccccc1C1CCc2ccccc2C1. The Morgan fingerprint density at radius 2 is 1.58 bits per heavy atom. The molecule has 1 atom stereocenters. The molecule has 0 aromatic heterocycles. The molecule has 0 spiro atoms. The van der Waals surface area contributed by atoms with Crippen molar-refractivity contribution in [1.82, 2.24) is 0 Å². The number of benzene rings is 2. The molecule has 2 aromatic rings. The van der Waals surface area contributed by atoms with Crippen LogP contribution in [0.4, 0.5) is 0 Å². The lowest BCUT2D eigenvalue weighted by Gasteiger charge is -2.27. The molecule has 0 aliphatic heterocycles. The van der Waals surface area contributed by atoms with Gasteiger partial charge in [0.25, 0.3) is 0 Å². The molecule has 19 heavy (non-hydrogen) atoms. The van der Waals surface area contributed by atoms with Gasteiger partial charge in [0.15, 0.2) is 0 Å². The molecule has 0 saturated carbocycles. The second-order valence-corrected chi connectivity index (χ2v) is 5.99. The van der Waals surface area contributed by atoms with E-state index < -0.39 is 0 Å². The lowest BCUT2D eigenvalue weighted by molar-refractivity contribution is 0.576. The van der Waals surface area contributed by atoms with Gasteiger partial charge in [-0.1, -0.05) is 62.4 Å². The van der Waals surface area contributed by atoms with Crippen LogP contribution in [0, 0.1) is 0 Å². The third kappa shape index (κ3) is 2.45. The van der Waals surface area contributed by atoms with E-state index in [4.69, 9.17) is 0 Å². The van der Waals surface area contributed by atoms with E-state index in [-0.39, 0.29) is 0 Å². The van der Waals surface area contributed by atoms with E-state index in [1.165, 1.54) is 24.8 Å². The Bertz CT molecular complexity index is 566. The van der Waals surface area contributed by atoms with Crippen LogP contribution in [0.1, 0.15) is 54.4 Å². The summed E-state index contributed by atoms with van der Waals surface area (Å²) < 4.78 is 0.